The van der Waals surface area contributed by atoms with E-state index < -0.39 is 0 Å². The van der Waals surface area contributed by atoms with Gasteiger partial charge in [0.25, 0.3) is 0 Å². The Morgan fingerprint density at radius 3 is 2.29 bits per heavy atom. The van der Waals surface area contributed by atoms with Gasteiger partial charge in [0.1, 0.15) is 18.1 Å². The normalized spacial score (nSPS) is 16.4. The number of hydrogen-bond donors (Lipinski definition) is 1. The Balaban J connectivity index is 1.10. The Morgan fingerprint density at radius 1 is 0.833 bits per heavy atom. The van der Waals surface area contributed by atoms with Gasteiger partial charge in [-0.05, 0) is 96.9 Å². The largest absolute Gasteiger partial charge is 0.489 e. The third-order valence-corrected chi connectivity index (χ3v) is 10.2. The summed E-state index contributed by atoms with van der Waals surface area (Å²) in [6.45, 7) is 6.58. The molecule has 1 N–H and O–H groups in total. The molecule has 0 bridgehead atoms. The molecule has 0 spiro atoms. The average Bonchev–Trinajstić information content (AvgIpc) is 3.37. The van der Waals surface area contributed by atoms with Crippen LogP contribution in [0.2, 0.25) is 0 Å². The highest BCUT2D eigenvalue weighted by Crippen LogP contribution is 2.47. The number of nitrogens with one attached hydrogen (secondary N) is 1. The molecule has 6 heteroatoms. The molecule has 4 nitrogen and oxygen atoms in total. The maximum absolute atomic E-state index is 6.68. The van der Waals surface area contributed by atoms with Crippen molar-refractivity contribution in [2.45, 2.75) is 25.4 Å². The number of fused-ring (bicyclic) bond motifs is 1. The fraction of sp³-hybridized carbons (Fsp3) is 0.278. The first-order valence-corrected chi connectivity index (χ1v) is 16.5. The third kappa shape index (κ3) is 6.28. The summed E-state index contributed by atoms with van der Waals surface area (Å²) in [5.41, 5.74) is 3.72. The second kappa shape index (κ2) is 12.6. The summed E-state index contributed by atoms with van der Waals surface area (Å²) in [7, 11) is 0. The van der Waals surface area contributed by atoms with Gasteiger partial charge in [-0.15, -0.1) is 11.3 Å². The van der Waals surface area contributed by atoms with Crippen molar-refractivity contribution in [3.05, 3.63) is 113 Å². The molecule has 0 atom stereocenters. The molecule has 4 aromatic carbocycles. The number of thiophene rings is 1. The summed E-state index contributed by atoms with van der Waals surface area (Å²) >= 11 is 5.33. The molecule has 214 valence electrons. The molecule has 0 unspecified atom stereocenters. The number of nitrogens with zero attached hydrogens (tertiary/aromatic N) is 1. The molecular formula is C36H35BrN2O2S. The molecule has 1 aromatic heterocycles. The zero-order valence-corrected chi connectivity index (χ0v) is 26.0. The van der Waals surface area contributed by atoms with Crippen molar-refractivity contribution in [2.24, 2.45) is 5.92 Å². The molecule has 0 amide bonds. The van der Waals surface area contributed by atoms with E-state index in [2.05, 4.69) is 98.9 Å². The lowest BCUT2D eigenvalue weighted by Crippen LogP contribution is -2.49. The van der Waals surface area contributed by atoms with E-state index in [-0.39, 0.29) is 0 Å². The minimum atomic E-state index is 0.546. The molecule has 0 radical (unpaired) electrons. The SMILES string of the molecule is Brc1ccc(-c2sc3cc(OCc4ccccc4)ccc3c2Oc2ccc(C3CCN(CC4CNC4)CC3)cc2)cc1. The Bertz CT molecular complexity index is 1620. The molecule has 2 saturated heterocycles. The summed E-state index contributed by atoms with van der Waals surface area (Å²) in [6, 6.07) is 33.9. The van der Waals surface area contributed by atoms with Crippen LogP contribution >= 0.6 is 27.3 Å². The van der Waals surface area contributed by atoms with Crippen LogP contribution in [0.25, 0.3) is 20.5 Å². The monoisotopic (exact) mass is 638 g/mol. The molecule has 3 heterocycles. The van der Waals surface area contributed by atoms with Gasteiger partial charge in [-0.3, -0.25) is 0 Å². The minimum absolute atomic E-state index is 0.546. The Kier molecular flexibility index (Phi) is 8.30. The molecule has 2 aliphatic heterocycles. The van der Waals surface area contributed by atoms with E-state index in [1.807, 2.05) is 24.3 Å². The first kappa shape index (κ1) is 27.7. The summed E-state index contributed by atoms with van der Waals surface area (Å²) < 4.78 is 15.0. The van der Waals surface area contributed by atoms with Crippen LogP contribution in [0.1, 0.15) is 29.9 Å². The van der Waals surface area contributed by atoms with Crippen LogP contribution in [0.4, 0.5) is 0 Å². The Hall–Kier alpha value is -3.16. The molecule has 7 rings (SSSR count). The number of halogens is 1. The zero-order valence-electron chi connectivity index (χ0n) is 23.6. The van der Waals surface area contributed by atoms with Crippen LogP contribution in [0.5, 0.6) is 17.2 Å². The number of hydrogen-bond acceptors (Lipinski definition) is 5. The lowest BCUT2D eigenvalue weighted by molar-refractivity contribution is 0.158. The van der Waals surface area contributed by atoms with Gasteiger partial charge in [0.15, 0.2) is 5.75 Å². The van der Waals surface area contributed by atoms with Crippen LogP contribution in [0.3, 0.4) is 0 Å². The maximum atomic E-state index is 6.68. The highest BCUT2D eigenvalue weighted by molar-refractivity contribution is 9.10. The van der Waals surface area contributed by atoms with Crippen LogP contribution in [0, 0.1) is 5.92 Å². The van der Waals surface area contributed by atoms with Gasteiger partial charge in [0.2, 0.25) is 0 Å². The van der Waals surface area contributed by atoms with Gasteiger partial charge in [-0.2, -0.15) is 0 Å². The maximum Gasteiger partial charge on any atom is 0.153 e. The fourth-order valence-corrected chi connectivity index (χ4v) is 7.42. The average molecular weight is 640 g/mol. The Labute approximate surface area is 260 Å². The lowest BCUT2D eigenvalue weighted by atomic mass is 9.89. The van der Waals surface area contributed by atoms with E-state index in [1.54, 1.807) is 11.3 Å². The lowest BCUT2D eigenvalue weighted by Gasteiger charge is -2.37. The van der Waals surface area contributed by atoms with Crippen molar-refractivity contribution >= 4 is 37.4 Å². The van der Waals surface area contributed by atoms with E-state index in [0.717, 1.165) is 53.7 Å². The smallest absolute Gasteiger partial charge is 0.153 e. The van der Waals surface area contributed by atoms with E-state index >= 15 is 0 Å². The van der Waals surface area contributed by atoms with Crippen molar-refractivity contribution in [2.75, 3.05) is 32.7 Å². The molecule has 2 fully saturated rings. The van der Waals surface area contributed by atoms with Crippen LogP contribution in [0.15, 0.2) is 102 Å². The van der Waals surface area contributed by atoms with Gasteiger partial charge in [-0.1, -0.05) is 70.5 Å². The van der Waals surface area contributed by atoms with E-state index in [9.17, 15) is 0 Å². The second-order valence-corrected chi connectivity index (χ2v) is 13.4. The van der Waals surface area contributed by atoms with Gasteiger partial charge < -0.3 is 19.7 Å². The highest BCUT2D eigenvalue weighted by atomic mass is 79.9. The van der Waals surface area contributed by atoms with Crippen molar-refractivity contribution < 1.29 is 9.47 Å². The predicted octanol–water partition coefficient (Wildman–Crippen LogP) is 9.10. The van der Waals surface area contributed by atoms with E-state index in [0.29, 0.717) is 12.5 Å². The van der Waals surface area contributed by atoms with E-state index in [4.69, 9.17) is 9.47 Å². The van der Waals surface area contributed by atoms with Gasteiger partial charge in [0, 0.05) is 34.2 Å². The predicted molar refractivity (Wildman–Crippen MR) is 177 cm³/mol. The minimum Gasteiger partial charge on any atom is -0.489 e. The summed E-state index contributed by atoms with van der Waals surface area (Å²) in [4.78, 5) is 3.78. The van der Waals surface area contributed by atoms with Gasteiger partial charge in [0.05, 0.1) is 4.88 Å². The molecular weight excluding hydrogens is 604 g/mol. The molecule has 2 aliphatic rings. The second-order valence-electron chi connectivity index (χ2n) is 11.5. The summed E-state index contributed by atoms with van der Waals surface area (Å²) in [6.07, 6.45) is 2.47. The van der Waals surface area contributed by atoms with Crippen LogP contribution in [-0.4, -0.2) is 37.6 Å². The van der Waals surface area contributed by atoms with Crippen molar-refractivity contribution in [1.82, 2.24) is 10.2 Å². The van der Waals surface area contributed by atoms with Gasteiger partial charge in [-0.25, -0.2) is 0 Å². The number of piperidine rings is 1. The van der Waals surface area contributed by atoms with Crippen molar-refractivity contribution in [1.29, 1.82) is 0 Å². The van der Waals surface area contributed by atoms with Gasteiger partial charge >= 0.3 is 0 Å². The standard InChI is InChI=1S/C36H35BrN2O2S/c37-30-10-6-29(7-11-30)36-35(33-15-14-32(20-34(33)42-36)40-24-25-4-2-1-3-5-25)41-31-12-8-27(9-13-31)28-16-18-39(19-17-28)23-26-21-38-22-26/h1-15,20,26,28,38H,16-19,21-24H2. The topological polar surface area (TPSA) is 33.7 Å². The number of likely N-dealkylation sites (tertiary alicyclic amines) is 1. The number of benzene rings is 4. The summed E-state index contributed by atoms with van der Waals surface area (Å²) in [5, 5.41) is 4.50. The number of rotatable bonds is 9. The Morgan fingerprint density at radius 2 is 1.57 bits per heavy atom. The van der Waals surface area contributed by atoms with E-state index in [1.165, 1.54) is 51.1 Å². The first-order valence-electron chi connectivity index (χ1n) is 14.9. The zero-order chi connectivity index (χ0) is 28.3. The quantitative estimate of drug-likeness (QED) is 0.175. The van der Waals surface area contributed by atoms with Crippen LogP contribution < -0.4 is 14.8 Å². The van der Waals surface area contributed by atoms with Crippen molar-refractivity contribution in [3.8, 4) is 27.7 Å². The summed E-state index contributed by atoms with van der Waals surface area (Å²) in [5.74, 6) is 4.11. The molecule has 5 aromatic rings. The highest BCUT2D eigenvalue weighted by Gasteiger charge is 2.25. The number of ether oxygens (including phenoxy) is 2. The molecule has 0 aliphatic carbocycles. The van der Waals surface area contributed by atoms with Crippen molar-refractivity contribution in [3.63, 3.8) is 0 Å². The van der Waals surface area contributed by atoms with Crippen LogP contribution in [-0.2, 0) is 6.61 Å². The third-order valence-electron chi connectivity index (χ3n) is 8.51. The molecule has 0 saturated carbocycles. The first-order chi connectivity index (χ1) is 20.7. The molecule has 42 heavy (non-hydrogen) atoms. The fourth-order valence-electron chi connectivity index (χ4n) is 5.99.